The van der Waals surface area contributed by atoms with Gasteiger partial charge in [-0.15, -0.1) is 0 Å². The molecule has 5 heteroatoms. The predicted molar refractivity (Wildman–Crippen MR) is 105 cm³/mol. The van der Waals surface area contributed by atoms with E-state index in [1.165, 1.54) is 5.69 Å². The number of hydrogen-bond donors (Lipinski definition) is 1. The third kappa shape index (κ3) is 2.97. The van der Waals surface area contributed by atoms with Crippen LogP contribution in [0.4, 0.5) is 11.4 Å². The van der Waals surface area contributed by atoms with Crippen LogP contribution >= 0.6 is 0 Å². The minimum Gasteiger partial charge on any atom is -0.399 e. The number of aromatic nitrogens is 2. The van der Waals surface area contributed by atoms with Gasteiger partial charge in [0.2, 0.25) is 0 Å². The Labute approximate surface area is 147 Å². The molecule has 3 rings (SSSR count). The highest BCUT2D eigenvalue weighted by Gasteiger charge is 2.13. The van der Waals surface area contributed by atoms with E-state index >= 15 is 0 Å². The largest absolute Gasteiger partial charge is 0.399 e. The van der Waals surface area contributed by atoms with Crippen LogP contribution in [0.5, 0.6) is 0 Å². The molecule has 1 heterocycles. The number of anilines is 2. The lowest BCUT2D eigenvalue weighted by Gasteiger charge is -2.22. The number of rotatable bonds is 4. The van der Waals surface area contributed by atoms with Crippen LogP contribution in [0.3, 0.4) is 0 Å². The van der Waals surface area contributed by atoms with E-state index in [-0.39, 0.29) is 5.56 Å². The van der Waals surface area contributed by atoms with Crippen molar-refractivity contribution in [2.45, 2.75) is 27.7 Å². The van der Waals surface area contributed by atoms with E-state index in [2.05, 4.69) is 35.9 Å². The van der Waals surface area contributed by atoms with Crippen molar-refractivity contribution >= 4 is 22.3 Å². The van der Waals surface area contributed by atoms with Gasteiger partial charge in [-0.2, -0.15) is 0 Å². The molecule has 0 bridgehead atoms. The summed E-state index contributed by atoms with van der Waals surface area (Å²) in [5.74, 6) is 0.654. The van der Waals surface area contributed by atoms with E-state index in [1.807, 2.05) is 19.9 Å². The van der Waals surface area contributed by atoms with Crippen LogP contribution in [0.25, 0.3) is 16.6 Å². The van der Waals surface area contributed by atoms with Crippen molar-refractivity contribution < 1.29 is 0 Å². The topological polar surface area (TPSA) is 64.2 Å². The lowest BCUT2D eigenvalue weighted by Crippen LogP contribution is -2.24. The number of nitrogens with two attached hydrogens (primary N) is 1. The van der Waals surface area contributed by atoms with Crippen molar-refractivity contribution in [3.63, 3.8) is 0 Å². The fourth-order valence-electron chi connectivity index (χ4n) is 3.27. The molecule has 3 aromatic rings. The minimum absolute atomic E-state index is 0.0683. The highest BCUT2D eigenvalue weighted by Crippen LogP contribution is 2.23. The molecule has 0 unspecified atom stereocenters. The molecule has 0 radical (unpaired) electrons. The van der Waals surface area contributed by atoms with Crippen LogP contribution in [0.2, 0.25) is 0 Å². The van der Waals surface area contributed by atoms with E-state index in [4.69, 9.17) is 5.73 Å². The standard InChI is InChI=1S/C20H24N4O/c1-5-23(6-2)16-8-10-19(13(3)11-16)24-14(4)22-18-12-15(21)7-9-17(18)20(24)25/h7-12H,5-6,21H2,1-4H3. The molecule has 0 saturated heterocycles. The number of nitrogens with zero attached hydrogens (tertiary/aromatic N) is 3. The number of aryl methyl sites for hydroxylation is 2. The van der Waals surface area contributed by atoms with Gasteiger partial charge >= 0.3 is 0 Å². The van der Waals surface area contributed by atoms with Gasteiger partial charge in [0.05, 0.1) is 16.6 Å². The Morgan fingerprint density at radius 2 is 1.80 bits per heavy atom. The molecule has 2 aromatic carbocycles. The monoisotopic (exact) mass is 336 g/mol. The number of nitrogen functional groups attached to an aromatic ring is 1. The molecule has 0 saturated carbocycles. The van der Waals surface area contributed by atoms with Crippen molar-refractivity contribution in [2.75, 3.05) is 23.7 Å². The van der Waals surface area contributed by atoms with Gasteiger partial charge in [0.25, 0.3) is 5.56 Å². The van der Waals surface area contributed by atoms with E-state index in [1.54, 1.807) is 22.8 Å². The summed E-state index contributed by atoms with van der Waals surface area (Å²) in [6.07, 6.45) is 0. The molecule has 0 aliphatic heterocycles. The van der Waals surface area contributed by atoms with E-state index in [0.717, 1.165) is 24.3 Å². The summed E-state index contributed by atoms with van der Waals surface area (Å²) in [6, 6.07) is 11.4. The van der Waals surface area contributed by atoms with E-state index in [9.17, 15) is 4.79 Å². The summed E-state index contributed by atoms with van der Waals surface area (Å²) >= 11 is 0. The Kier molecular flexibility index (Phi) is 4.49. The lowest BCUT2D eigenvalue weighted by molar-refractivity contribution is 0.859. The highest BCUT2D eigenvalue weighted by atomic mass is 16.1. The molecule has 25 heavy (non-hydrogen) atoms. The third-order valence-corrected chi connectivity index (χ3v) is 4.61. The second kappa shape index (κ2) is 6.59. The Balaban J connectivity index is 2.20. The summed E-state index contributed by atoms with van der Waals surface area (Å²) < 4.78 is 1.68. The first-order chi connectivity index (χ1) is 12.0. The molecule has 0 fully saturated rings. The molecule has 0 aliphatic carbocycles. The fraction of sp³-hybridized carbons (Fsp3) is 0.300. The van der Waals surface area contributed by atoms with Gasteiger partial charge < -0.3 is 10.6 Å². The zero-order valence-corrected chi connectivity index (χ0v) is 15.2. The summed E-state index contributed by atoms with van der Waals surface area (Å²) in [7, 11) is 0. The van der Waals surface area contributed by atoms with E-state index < -0.39 is 0 Å². The molecule has 0 aliphatic rings. The Morgan fingerprint density at radius 3 is 2.44 bits per heavy atom. The van der Waals surface area contributed by atoms with Crippen LogP contribution in [0, 0.1) is 13.8 Å². The SMILES string of the molecule is CCN(CC)c1ccc(-n2c(C)nc3cc(N)ccc3c2=O)c(C)c1. The van der Waals surface area contributed by atoms with Gasteiger partial charge in [0.1, 0.15) is 5.82 Å². The molecule has 0 atom stereocenters. The Hall–Kier alpha value is -2.82. The zero-order chi connectivity index (χ0) is 18.1. The number of hydrogen-bond acceptors (Lipinski definition) is 4. The summed E-state index contributed by atoms with van der Waals surface area (Å²) in [4.78, 5) is 19.9. The molecule has 130 valence electrons. The van der Waals surface area contributed by atoms with Crippen molar-refractivity contribution in [1.29, 1.82) is 0 Å². The van der Waals surface area contributed by atoms with Gasteiger partial charge in [0.15, 0.2) is 0 Å². The molecule has 1 aromatic heterocycles. The van der Waals surface area contributed by atoms with Gasteiger partial charge in [0, 0.05) is 24.5 Å². The number of fused-ring (bicyclic) bond motifs is 1. The molecule has 0 amide bonds. The van der Waals surface area contributed by atoms with Crippen molar-refractivity contribution in [1.82, 2.24) is 9.55 Å². The smallest absolute Gasteiger partial charge is 0.265 e. The van der Waals surface area contributed by atoms with Crippen molar-refractivity contribution in [2.24, 2.45) is 0 Å². The van der Waals surface area contributed by atoms with Gasteiger partial charge in [-0.05, 0) is 69.7 Å². The van der Waals surface area contributed by atoms with E-state index in [0.29, 0.717) is 22.4 Å². The van der Waals surface area contributed by atoms with Crippen LogP contribution in [-0.2, 0) is 0 Å². The van der Waals surface area contributed by atoms with Crippen molar-refractivity contribution in [3.05, 3.63) is 58.1 Å². The summed E-state index contributed by atoms with van der Waals surface area (Å²) in [6.45, 7) is 10.1. The molecule has 5 nitrogen and oxygen atoms in total. The molecule has 2 N–H and O–H groups in total. The summed E-state index contributed by atoms with van der Waals surface area (Å²) in [5.41, 5.74) is 10.1. The van der Waals surface area contributed by atoms with Gasteiger partial charge in [-0.3, -0.25) is 9.36 Å². The van der Waals surface area contributed by atoms with Gasteiger partial charge in [-0.1, -0.05) is 0 Å². The maximum atomic E-state index is 13.0. The molecular formula is C20H24N4O. The van der Waals surface area contributed by atoms with Gasteiger partial charge in [-0.25, -0.2) is 4.98 Å². The quantitative estimate of drug-likeness (QED) is 0.741. The minimum atomic E-state index is -0.0683. The molecule has 0 spiro atoms. The first-order valence-electron chi connectivity index (χ1n) is 8.61. The number of benzene rings is 2. The van der Waals surface area contributed by atoms with Crippen LogP contribution < -0.4 is 16.2 Å². The Bertz CT molecular complexity index is 987. The Morgan fingerprint density at radius 1 is 1.08 bits per heavy atom. The maximum absolute atomic E-state index is 13.0. The normalized spacial score (nSPS) is 11.0. The predicted octanol–water partition coefficient (Wildman–Crippen LogP) is 3.43. The van der Waals surface area contributed by atoms with Crippen LogP contribution in [0.15, 0.2) is 41.2 Å². The second-order valence-corrected chi connectivity index (χ2v) is 6.22. The van der Waals surface area contributed by atoms with Crippen LogP contribution in [0.1, 0.15) is 25.2 Å². The third-order valence-electron chi connectivity index (χ3n) is 4.61. The average Bonchev–Trinajstić information content (AvgIpc) is 2.57. The first-order valence-corrected chi connectivity index (χ1v) is 8.61. The molecular weight excluding hydrogens is 312 g/mol. The fourth-order valence-corrected chi connectivity index (χ4v) is 3.27. The maximum Gasteiger partial charge on any atom is 0.265 e. The second-order valence-electron chi connectivity index (χ2n) is 6.22. The van der Waals surface area contributed by atoms with Crippen LogP contribution in [-0.4, -0.2) is 22.6 Å². The summed E-state index contributed by atoms with van der Waals surface area (Å²) in [5, 5.41) is 0.576. The lowest BCUT2D eigenvalue weighted by atomic mass is 10.1. The zero-order valence-electron chi connectivity index (χ0n) is 15.2. The van der Waals surface area contributed by atoms with Crippen molar-refractivity contribution in [3.8, 4) is 5.69 Å². The average molecular weight is 336 g/mol. The first kappa shape index (κ1) is 17.0. The highest BCUT2D eigenvalue weighted by molar-refractivity contribution is 5.81.